The number of hydrogen-bond acceptors (Lipinski definition) is 3. The molecule has 1 fully saturated rings. The summed E-state index contributed by atoms with van der Waals surface area (Å²) in [7, 11) is 0. The second-order valence-corrected chi connectivity index (χ2v) is 2.86. The first-order valence-electron chi connectivity index (χ1n) is 4.17. The third kappa shape index (κ3) is 2.55. The van der Waals surface area contributed by atoms with Gasteiger partial charge in [0.1, 0.15) is 6.07 Å². The fraction of sp³-hybridized carbons (Fsp3) is 0.556. The van der Waals surface area contributed by atoms with Gasteiger partial charge in [0.2, 0.25) is 5.83 Å². The number of carbonyl (C=O) groups is 1. The van der Waals surface area contributed by atoms with Crippen LogP contribution in [0, 0.1) is 11.3 Å². The SMILES string of the molecule is N#CCOC(=O)C(F)=C1CCCC1. The minimum Gasteiger partial charge on any atom is -0.445 e. The maximum Gasteiger partial charge on any atom is 0.368 e. The molecule has 0 amide bonds. The van der Waals surface area contributed by atoms with Gasteiger partial charge in [-0.25, -0.2) is 4.79 Å². The summed E-state index contributed by atoms with van der Waals surface area (Å²) >= 11 is 0. The number of rotatable bonds is 2. The summed E-state index contributed by atoms with van der Waals surface area (Å²) in [6, 6.07) is 1.61. The quantitative estimate of drug-likeness (QED) is 0.485. The van der Waals surface area contributed by atoms with Crippen molar-refractivity contribution in [2.24, 2.45) is 0 Å². The molecule has 0 heterocycles. The molecule has 0 aromatic heterocycles. The second kappa shape index (κ2) is 4.61. The lowest BCUT2D eigenvalue weighted by atomic mass is 10.2. The molecule has 3 nitrogen and oxygen atoms in total. The lowest BCUT2D eigenvalue weighted by Crippen LogP contribution is -2.06. The van der Waals surface area contributed by atoms with E-state index in [9.17, 15) is 9.18 Å². The van der Waals surface area contributed by atoms with Gasteiger partial charge in [0.15, 0.2) is 6.61 Å². The Labute approximate surface area is 75.8 Å². The molecule has 0 spiro atoms. The van der Waals surface area contributed by atoms with Gasteiger partial charge in [-0.2, -0.15) is 9.65 Å². The average Bonchev–Trinajstić information content (AvgIpc) is 2.65. The predicted molar refractivity (Wildman–Crippen MR) is 43.2 cm³/mol. The van der Waals surface area contributed by atoms with Crippen LogP contribution in [-0.2, 0) is 9.53 Å². The first kappa shape index (κ1) is 9.72. The van der Waals surface area contributed by atoms with Crippen LogP contribution in [-0.4, -0.2) is 12.6 Å². The lowest BCUT2D eigenvalue weighted by molar-refractivity contribution is -0.139. The molecule has 0 aromatic carbocycles. The van der Waals surface area contributed by atoms with Crippen LogP contribution in [0.1, 0.15) is 25.7 Å². The van der Waals surface area contributed by atoms with E-state index in [1.54, 1.807) is 6.07 Å². The number of esters is 1. The molecule has 4 heteroatoms. The zero-order valence-corrected chi connectivity index (χ0v) is 7.18. The summed E-state index contributed by atoms with van der Waals surface area (Å²) in [5.41, 5.74) is 0.530. The fourth-order valence-electron chi connectivity index (χ4n) is 1.33. The molecule has 1 aliphatic carbocycles. The van der Waals surface area contributed by atoms with Crippen LogP contribution in [0.25, 0.3) is 0 Å². The van der Waals surface area contributed by atoms with Crippen molar-refractivity contribution < 1.29 is 13.9 Å². The van der Waals surface area contributed by atoms with Gasteiger partial charge in [-0.05, 0) is 31.3 Å². The zero-order chi connectivity index (χ0) is 9.68. The van der Waals surface area contributed by atoms with Crippen molar-refractivity contribution in [1.29, 1.82) is 5.26 Å². The van der Waals surface area contributed by atoms with Crippen molar-refractivity contribution in [3.63, 3.8) is 0 Å². The number of ether oxygens (including phenoxy) is 1. The Morgan fingerprint density at radius 1 is 1.54 bits per heavy atom. The Morgan fingerprint density at radius 3 is 2.69 bits per heavy atom. The molecule has 0 aromatic rings. The van der Waals surface area contributed by atoms with Gasteiger partial charge in [-0.15, -0.1) is 0 Å². The molecule has 13 heavy (non-hydrogen) atoms. The number of hydrogen-bond donors (Lipinski definition) is 0. The van der Waals surface area contributed by atoms with E-state index in [2.05, 4.69) is 4.74 Å². The highest BCUT2D eigenvalue weighted by Gasteiger charge is 2.19. The van der Waals surface area contributed by atoms with Crippen molar-refractivity contribution >= 4 is 5.97 Å². The summed E-state index contributed by atoms with van der Waals surface area (Å²) in [4.78, 5) is 10.9. The van der Waals surface area contributed by atoms with Crippen LogP contribution in [0.5, 0.6) is 0 Å². The number of carbonyl (C=O) groups excluding carboxylic acids is 1. The summed E-state index contributed by atoms with van der Waals surface area (Å²) in [6.07, 6.45) is 3.11. The molecular weight excluding hydrogens is 173 g/mol. The van der Waals surface area contributed by atoms with Crippen LogP contribution >= 0.6 is 0 Å². The smallest absolute Gasteiger partial charge is 0.368 e. The molecule has 1 saturated carbocycles. The van der Waals surface area contributed by atoms with Crippen LogP contribution in [0.4, 0.5) is 4.39 Å². The Hall–Kier alpha value is -1.37. The van der Waals surface area contributed by atoms with Gasteiger partial charge in [-0.3, -0.25) is 0 Å². The Balaban J connectivity index is 2.55. The molecule has 70 valence electrons. The highest BCUT2D eigenvalue weighted by Crippen LogP contribution is 2.27. The molecule has 0 aliphatic heterocycles. The standard InChI is InChI=1S/C9H10FNO2/c10-8(7-3-1-2-4-7)9(12)13-6-5-11/h1-4,6H2. The summed E-state index contributed by atoms with van der Waals surface area (Å²) in [5.74, 6) is -1.80. The molecule has 0 N–H and O–H groups in total. The van der Waals surface area contributed by atoms with Gasteiger partial charge in [-0.1, -0.05) is 0 Å². The normalized spacial score (nSPS) is 15.2. The third-order valence-electron chi connectivity index (χ3n) is 1.96. The van der Waals surface area contributed by atoms with Gasteiger partial charge in [0.05, 0.1) is 0 Å². The van der Waals surface area contributed by atoms with Crippen LogP contribution in [0.3, 0.4) is 0 Å². The highest BCUT2D eigenvalue weighted by molar-refractivity contribution is 5.87. The van der Waals surface area contributed by atoms with Crippen molar-refractivity contribution in [1.82, 2.24) is 0 Å². The molecular formula is C9H10FNO2. The average molecular weight is 183 g/mol. The molecule has 0 saturated heterocycles. The lowest BCUT2D eigenvalue weighted by Gasteiger charge is -2.00. The number of nitrogens with zero attached hydrogens (tertiary/aromatic N) is 1. The summed E-state index contributed by atoms with van der Waals surface area (Å²) in [5, 5.41) is 8.10. The van der Waals surface area contributed by atoms with Crippen molar-refractivity contribution in [2.45, 2.75) is 25.7 Å². The topological polar surface area (TPSA) is 50.1 Å². The van der Waals surface area contributed by atoms with Crippen molar-refractivity contribution in [3.8, 4) is 6.07 Å². The van der Waals surface area contributed by atoms with Crippen LogP contribution < -0.4 is 0 Å². The van der Waals surface area contributed by atoms with Gasteiger partial charge in [0, 0.05) is 0 Å². The van der Waals surface area contributed by atoms with Crippen molar-refractivity contribution in [3.05, 3.63) is 11.4 Å². The number of nitriles is 1. The molecule has 1 aliphatic rings. The van der Waals surface area contributed by atoms with E-state index in [1.807, 2.05) is 0 Å². The highest BCUT2D eigenvalue weighted by atomic mass is 19.1. The number of halogens is 1. The third-order valence-corrected chi connectivity index (χ3v) is 1.96. The van der Waals surface area contributed by atoms with Crippen LogP contribution in [0.2, 0.25) is 0 Å². The van der Waals surface area contributed by atoms with E-state index < -0.39 is 11.8 Å². The first-order chi connectivity index (χ1) is 6.25. The van der Waals surface area contributed by atoms with Gasteiger partial charge < -0.3 is 4.74 Å². The predicted octanol–water partition coefficient (Wildman–Crippen LogP) is 1.85. The Bertz CT molecular complexity index is 270. The zero-order valence-electron chi connectivity index (χ0n) is 7.18. The van der Waals surface area contributed by atoms with Gasteiger partial charge >= 0.3 is 5.97 Å². The Kier molecular flexibility index (Phi) is 3.44. The summed E-state index contributed by atoms with van der Waals surface area (Å²) < 4.78 is 17.5. The van der Waals surface area contributed by atoms with Gasteiger partial charge in [0.25, 0.3) is 0 Å². The summed E-state index contributed by atoms with van der Waals surface area (Å²) in [6.45, 7) is -0.389. The molecule has 1 rings (SSSR count). The Morgan fingerprint density at radius 2 is 2.15 bits per heavy atom. The molecule has 0 unspecified atom stereocenters. The number of allylic oxidation sites excluding steroid dienone is 1. The van der Waals surface area contributed by atoms with E-state index in [0.717, 1.165) is 12.8 Å². The van der Waals surface area contributed by atoms with Crippen LogP contribution in [0.15, 0.2) is 11.4 Å². The van der Waals surface area contributed by atoms with Crippen molar-refractivity contribution in [2.75, 3.05) is 6.61 Å². The second-order valence-electron chi connectivity index (χ2n) is 2.86. The van der Waals surface area contributed by atoms with E-state index in [4.69, 9.17) is 5.26 Å². The molecule has 0 atom stereocenters. The van der Waals surface area contributed by atoms with E-state index in [0.29, 0.717) is 18.4 Å². The maximum absolute atomic E-state index is 13.1. The minimum atomic E-state index is -1.00. The van der Waals surface area contributed by atoms with E-state index >= 15 is 0 Å². The first-order valence-corrected chi connectivity index (χ1v) is 4.17. The van der Waals surface area contributed by atoms with E-state index in [1.165, 1.54) is 0 Å². The molecule has 0 bridgehead atoms. The maximum atomic E-state index is 13.1. The van der Waals surface area contributed by atoms with E-state index in [-0.39, 0.29) is 6.61 Å². The fourth-order valence-corrected chi connectivity index (χ4v) is 1.33. The monoisotopic (exact) mass is 183 g/mol. The largest absolute Gasteiger partial charge is 0.445 e. The minimum absolute atomic E-state index is 0.389. The molecule has 0 radical (unpaired) electrons.